The van der Waals surface area contributed by atoms with E-state index in [1.807, 2.05) is 0 Å². The summed E-state index contributed by atoms with van der Waals surface area (Å²) in [7, 11) is 0. The van der Waals surface area contributed by atoms with Crippen LogP contribution in [0.5, 0.6) is 0 Å². The van der Waals surface area contributed by atoms with Gasteiger partial charge in [0.05, 0.1) is 17.7 Å². The highest BCUT2D eigenvalue weighted by molar-refractivity contribution is 6.11. The van der Waals surface area contributed by atoms with E-state index in [4.69, 9.17) is 0 Å². The van der Waals surface area contributed by atoms with Gasteiger partial charge in [0.25, 0.3) is 5.91 Å². The van der Waals surface area contributed by atoms with Gasteiger partial charge in [0, 0.05) is 6.42 Å². The standard InChI is InChI=1S/C20H17FN6O3/c21-12-7-5-11(6-8-12)9-16-24-20(27-26-16)25-17(28)10-15-19(30)22-14-4-2-1-3-13(14)18(29)23-15/h1-8,15H,9-10H2,(H,22,30)(H,23,29)(H2,24,25,26,27,28)/t15-/m0/s1. The van der Waals surface area contributed by atoms with Crippen LogP contribution in [-0.4, -0.2) is 38.9 Å². The van der Waals surface area contributed by atoms with Crippen LogP contribution in [0, 0.1) is 5.82 Å². The number of fused-ring (bicyclic) bond motifs is 1. The van der Waals surface area contributed by atoms with Crippen LogP contribution in [0.3, 0.4) is 0 Å². The molecule has 4 N–H and O–H groups in total. The molecule has 0 fully saturated rings. The lowest BCUT2D eigenvalue weighted by Gasteiger charge is -2.13. The van der Waals surface area contributed by atoms with Gasteiger partial charge in [0.1, 0.15) is 17.7 Å². The molecule has 0 saturated carbocycles. The van der Waals surface area contributed by atoms with Crippen molar-refractivity contribution >= 4 is 29.4 Å². The van der Waals surface area contributed by atoms with Crippen molar-refractivity contribution in [2.75, 3.05) is 10.6 Å². The van der Waals surface area contributed by atoms with E-state index >= 15 is 0 Å². The Labute approximate surface area is 170 Å². The van der Waals surface area contributed by atoms with Gasteiger partial charge in [-0.15, -0.1) is 5.10 Å². The van der Waals surface area contributed by atoms with Crippen LogP contribution in [0.25, 0.3) is 0 Å². The van der Waals surface area contributed by atoms with Gasteiger partial charge in [-0.05, 0) is 29.8 Å². The molecule has 152 valence electrons. The minimum Gasteiger partial charge on any atom is -0.340 e. The molecule has 30 heavy (non-hydrogen) atoms. The lowest BCUT2D eigenvalue weighted by atomic mass is 10.1. The fourth-order valence-electron chi connectivity index (χ4n) is 3.04. The van der Waals surface area contributed by atoms with Crippen molar-refractivity contribution in [3.8, 4) is 0 Å². The molecule has 2 heterocycles. The second kappa shape index (κ2) is 8.11. The third-order valence-electron chi connectivity index (χ3n) is 4.51. The number of aromatic amines is 1. The Bertz CT molecular complexity index is 1110. The summed E-state index contributed by atoms with van der Waals surface area (Å²) in [6.07, 6.45) is 0.0931. The van der Waals surface area contributed by atoms with Gasteiger partial charge >= 0.3 is 0 Å². The molecule has 0 aliphatic carbocycles. The minimum atomic E-state index is -1.04. The van der Waals surface area contributed by atoms with Gasteiger partial charge < -0.3 is 10.6 Å². The van der Waals surface area contributed by atoms with Crippen molar-refractivity contribution in [2.24, 2.45) is 0 Å². The first-order valence-electron chi connectivity index (χ1n) is 9.14. The number of nitrogens with zero attached hydrogens (tertiary/aromatic N) is 2. The Balaban J connectivity index is 1.37. The molecule has 4 rings (SSSR count). The Morgan fingerprint density at radius 3 is 2.67 bits per heavy atom. The van der Waals surface area contributed by atoms with Crippen LogP contribution in [0.4, 0.5) is 16.0 Å². The molecule has 0 saturated heterocycles. The molecule has 1 aliphatic rings. The zero-order chi connectivity index (χ0) is 21.1. The van der Waals surface area contributed by atoms with E-state index in [1.165, 1.54) is 12.1 Å². The summed E-state index contributed by atoms with van der Waals surface area (Å²) in [5.74, 6) is -1.28. The Kier molecular flexibility index (Phi) is 5.21. The van der Waals surface area contributed by atoms with E-state index in [0.29, 0.717) is 23.5 Å². The topological polar surface area (TPSA) is 129 Å². The molecule has 9 nitrogen and oxygen atoms in total. The number of aromatic nitrogens is 3. The van der Waals surface area contributed by atoms with Gasteiger partial charge in [-0.2, -0.15) is 4.98 Å². The molecule has 0 radical (unpaired) electrons. The fraction of sp³-hybridized carbons (Fsp3) is 0.150. The Morgan fingerprint density at radius 2 is 1.87 bits per heavy atom. The molecule has 0 unspecified atom stereocenters. The summed E-state index contributed by atoms with van der Waals surface area (Å²) < 4.78 is 13.0. The van der Waals surface area contributed by atoms with Crippen molar-refractivity contribution in [1.29, 1.82) is 0 Å². The minimum absolute atomic E-state index is 0.0424. The first-order chi connectivity index (χ1) is 14.5. The quantitative estimate of drug-likeness (QED) is 0.510. The predicted octanol–water partition coefficient (Wildman–Crippen LogP) is 1.61. The van der Waals surface area contributed by atoms with E-state index in [2.05, 4.69) is 31.1 Å². The number of nitrogens with one attached hydrogen (secondary N) is 4. The Morgan fingerprint density at radius 1 is 1.10 bits per heavy atom. The average Bonchev–Trinajstić information content (AvgIpc) is 3.11. The fourth-order valence-corrected chi connectivity index (χ4v) is 3.04. The van der Waals surface area contributed by atoms with E-state index in [0.717, 1.165) is 5.56 Å². The first-order valence-corrected chi connectivity index (χ1v) is 9.14. The summed E-state index contributed by atoms with van der Waals surface area (Å²) in [5, 5.41) is 14.3. The number of halogens is 1. The van der Waals surface area contributed by atoms with Crippen molar-refractivity contribution in [3.05, 3.63) is 71.3 Å². The maximum atomic E-state index is 13.0. The van der Waals surface area contributed by atoms with E-state index < -0.39 is 23.8 Å². The van der Waals surface area contributed by atoms with Gasteiger partial charge in [0.15, 0.2) is 0 Å². The summed E-state index contributed by atoms with van der Waals surface area (Å²) in [5.41, 5.74) is 1.54. The lowest BCUT2D eigenvalue weighted by molar-refractivity contribution is -0.122. The third kappa shape index (κ3) is 4.32. The van der Waals surface area contributed by atoms with Crippen molar-refractivity contribution in [2.45, 2.75) is 18.9 Å². The molecular formula is C20H17FN6O3. The van der Waals surface area contributed by atoms with Crippen LogP contribution in [-0.2, 0) is 16.0 Å². The highest BCUT2D eigenvalue weighted by atomic mass is 19.1. The molecule has 10 heteroatoms. The van der Waals surface area contributed by atoms with Crippen LogP contribution in [0.1, 0.15) is 28.2 Å². The first kappa shape index (κ1) is 19.2. The summed E-state index contributed by atoms with van der Waals surface area (Å²) in [4.78, 5) is 41.2. The number of H-pyrrole nitrogens is 1. The zero-order valence-electron chi connectivity index (χ0n) is 15.6. The van der Waals surface area contributed by atoms with Crippen LogP contribution >= 0.6 is 0 Å². The van der Waals surface area contributed by atoms with Crippen LogP contribution < -0.4 is 16.0 Å². The number of carbonyl (C=O) groups is 3. The predicted molar refractivity (Wildman–Crippen MR) is 105 cm³/mol. The SMILES string of the molecule is O=C(C[C@@H]1NC(=O)c2ccccc2NC1=O)Nc1n[nH]c(Cc2ccc(F)cc2)n1. The van der Waals surface area contributed by atoms with Crippen LogP contribution in [0.15, 0.2) is 48.5 Å². The molecule has 3 aromatic rings. The van der Waals surface area contributed by atoms with E-state index in [1.54, 1.807) is 36.4 Å². The molecule has 1 atom stereocenters. The number of anilines is 2. The molecule has 0 spiro atoms. The van der Waals surface area contributed by atoms with Crippen molar-refractivity contribution in [3.63, 3.8) is 0 Å². The highest BCUT2D eigenvalue weighted by Crippen LogP contribution is 2.19. The number of amides is 3. The Hall–Kier alpha value is -4.08. The van der Waals surface area contributed by atoms with Gasteiger partial charge in [-0.3, -0.25) is 24.8 Å². The normalized spacial score (nSPS) is 15.6. The van der Waals surface area contributed by atoms with Gasteiger partial charge in [0.2, 0.25) is 17.8 Å². The van der Waals surface area contributed by atoms with Crippen LogP contribution in [0.2, 0.25) is 0 Å². The highest BCUT2D eigenvalue weighted by Gasteiger charge is 2.29. The molecule has 1 aromatic heterocycles. The molecule has 0 bridgehead atoms. The number of para-hydroxylation sites is 1. The molecule has 3 amide bonds. The summed E-state index contributed by atoms with van der Waals surface area (Å²) in [6, 6.07) is 11.5. The number of carbonyl (C=O) groups excluding carboxylic acids is 3. The number of benzene rings is 2. The van der Waals surface area contributed by atoms with Crippen molar-refractivity contribution < 1.29 is 18.8 Å². The van der Waals surface area contributed by atoms with Gasteiger partial charge in [-0.25, -0.2) is 4.39 Å². The number of hydrogen-bond donors (Lipinski definition) is 4. The molecule has 1 aliphatic heterocycles. The average molecular weight is 408 g/mol. The van der Waals surface area contributed by atoms with Gasteiger partial charge in [-0.1, -0.05) is 24.3 Å². The smallest absolute Gasteiger partial charge is 0.254 e. The maximum absolute atomic E-state index is 13.0. The zero-order valence-corrected chi connectivity index (χ0v) is 15.6. The maximum Gasteiger partial charge on any atom is 0.254 e. The number of rotatable bonds is 5. The summed E-state index contributed by atoms with van der Waals surface area (Å²) >= 11 is 0. The van der Waals surface area contributed by atoms with E-state index in [-0.39, 0.29) is 18.2 Å². The monoisotopic (exact) mass is 408 g/mol. The molecular weight excluding hydrogens is 391 g/mol. The summed E-state index contributed by atoms with van der Waals surface area (Å²) in [6.45, 7) is 0. The second-order valence-electron chi connectivity index (χ2n) is 6.72. The number of hydrogen-bond acceptors (Lipinski definition) is 5. The van der Waals surface area contributed by atoms with E-state index in [9.17, 15) is 18.8 Å². The van der Waals surface area contributed by atoms with Crippen molar-refractivity contribution in [1.82, 2.24) is 20.5 Å². The largest absolute Gasteiger partial charge is 0.340 e. The molecule has 2 aromatic carbocycles. The lowest BCUT2D eigenvalue weighted by Crippen LogP contribution is -2.43. The third-order valence-corrected chi connectivity index (χ3v) is 4.51. The second-order valence-corrected chi connectivity index (χ2v) is 6.72.